The van der Waals surface area contributed by atoms with Crippen LogP contribution in [0.1, 0.15) is 57.8 Å². The van der Waals surface area contributed by atoms with Crippen LogP contribution in [0.25, 0.3) is 0 Å². The summed E-state index contributed by atoms with van der Waals surface area (Å²) in [5.41, 5.74) is 0.111. The van der Waals surface area contributed by atoms with Gasteiger partial charge in [-0.05, 0) is 36.9 Å². The van der Waals surface area contributed by atoms with Gasteiger partial charge in [0, 0.05) is 6.04 Å². The fourth-order valence-corrected chi connectivity index (χ4v) is 4.18. The van der Waals surface area contributed by atoms with E-state index in [0.717, 1.165) is 31.4 Å². The summed E-state index contributed by atoms with van der Waals surface area (Å²) < 4.78 is 4.74. The molecular weight excluding hydrogens is 286 g/mol. The highest BCUT2D eigenvalue weighted by atomic mass is 32.2. The first-order valence-corrected chi connectivity index (χ1v) is 9.23. The van der Waals surface area contributed by atoms with Crippen molar-refractivity contribution in [3.05, 3.63) is 0 Å². The first-order chi connectivity index (χ1) is 10.1. The van der Waals surface area contributed by atoms with E-state index in [4.69, 9.17) is 4.74 Å². The summed E-state index contributed by atoms with van der Waals surface area (Å²) >= 11 is 1.66. The minimum atomic E-state index is -0.129. The topological polar surface area (TPSA) is 55.4 Å². The van der Waals surface area contributed by atoms with Crippen LogP contribution in [0.5, 0.6) is 0 Å². The molecule has 0 aromatic heterocycles. The van der Waals surface area contributed by atoms with Crippen molar-refractivity contribution in [1.82, 2.24) is 5.32 Å². The monoisotopic (exact) mass is 313 g/mol. The van der Waals surface area contributed by atoms with Crippen LogP contribution in [0, 0.1) is 5.41 Å². The Labute approximate surface area is 131 Å². The summed E-state index contributed by atoms with van der Waals surface area (Å²) in [5.74, 6) is 1.43. The molecular formula is C16H27NO3S. The molecule has 0 spiro atoms. The zero-order valence-electron chi connectivity index (χ0n) is 13.0. The van der Waals surface area contributed by atoms with Gasteiger partial charge in [-0.1, -0.05) is 25.7 Å². The number of hydrogen-bond acceptors (Lipinski definition) is 4. The van der Waals surface area contributed by atoms with Crippen LogP contribution in [-0.2, 0) is 14.3 Å². The first-order valence-electron chi connectivity index (χ1n) is 8.07. The predicted octanol–water partition coefficient (Wildman–Crippen LogP) is 2.90. The van der Waals surface area contributed by atoms with Crippen LogP contribution in [0.2, 0.25) is 0 Å². The van der Waals surface area contributed by atoms with E-state index in [0.29, 0.717) is 18.2 Å². The number of hydrogen-bond donors (Lipinski definition) is 1. The maximum absolute atomic E-state index is 12.0. The standard InChI is InChI=1S/C16H27NO3S/c1-20-15(19)10-16(8-9-16)12-21-11-14(18)17-13-6-4-2-3-5-7-13/h13H,2-12H2,1H3,(H,17,18). The Morgan fingerprint density at radius 1 is 1.19 bits per heavy atom. The average molecular weight is 313 g/mol. The molecule has 2 saturated carbocycles. The number of ether oxygens (including phenoxy) is 1. The average Bonchev–Trinajstić information content (AvgIpc) is 3.24. The summed E-state index contributed by atoms with van der Waals surface area (Å²) in [6.45, 7) is 0. The third-order valence-corrected chi connectivity index (χ3v) is 5.85. The Morgan fingerprint density at radius 2 is 1.86 bits per heavy atom. The molecule has 1 N–H and O–H groups in total. The fourth-order valence-electron chi connectivity index (χ4n) is 2.98. The Kier molecular flexibility index (Phi) is 6.40. The largest absolute Gasteiger partial charge is 0.469 e. The van der Waals surface area contributed by atoms with E-state index < -0.39 is 0 Å². The third kappa shape index (κ3) is 5.89. The lowest BCUT2D eigenvalue weighted by Gasteiger charge is -2.17. The van der Waals surface area contributed by atoms with Crippen LogP contribution >= 0.6 is 11.8 Å². The van der Waals surface area contributed by atoms with Gasteiger partial charge in [0.1, 0.15) is 0 Å². The molecule has 2 aliphatic rings. The normalized spacial score (nSPS) is 21.4. The highest BCUT2D eigenvalue weighted by molar-refractivity contribution is 7.99. The van der Waals surface area contributed by atoms with Crippen molar-refractivity contribution >= 4 is 23.6 Å². The minimum Gasteiger partial charge on any atom is -0.469 e. The van der Waals surface area contributed by atoms with E-state index in [-0.39, 0.29) is 17.3 Å². The Balaban J connectivity index is 1.61. The molecule has 0 bridgehead atoms. The summed E-state index contributed by atoms with van der Waals surface area (Å²) in [6.07, 6.45) is 10.00. The number of amides is 1. The summed E-state index contributed by atoms with van der Waals surface area (Å²) in [4.78, 5) is 23.3. The predicted molar refractivity (Wildman–Crippen MR) is 85.3 cm³/mol. The highest BCUT2D eigenvalue weighted by Gasteiger charge is 2.44. The van der Waals surface area contributed by atoms with Crippen molar-refractivity contribution in [3.63, 3.8) is 0 Å². The quantitative estimate of drug-likeness (QED) is 0.580. The fraction of sp³-hybridized carbons (Fsp3) is 0.875. The maximum Gasteiger partial charge on any atom is 0.306 e. The van der Waals surface area contributed by atoms with Gasteiger partial charge >= 0.3 is 5.97 Å². The Morgan fingerprint density at radius 3 is 2.43 bits per heavy atom. The smallest absolute Gasteiger partial charge is 0.306 e. The minimum absolute atomic E-state index is 0.111. The van der Waals surface area contributed by atoms with Crippen molar-refractivity contribution in [2.24, 2.45) is 5.41 Å². The van der Waals surface area contributed by atoms with Crippen molar-refractivity contribution in [2.75, 3.05) is 18.6 Å². The lowest BCUT2D eigenvalue weighted by atomic mass is 10.1. The second-order valence-electron chi connectivity index (χ2n) is 6.50. The molecule has 2 aliphatic carbocycles. The number of esters is 1. The van der Waals surface area contributed by atoms with Gasteiger partial charge in [0.25, 0.3) is 0 Å². The molecule has 0 heterocycles. The van der Waals surface area contributed by atoms with E-state index in [1.807, 2.05) is 0 Å². The molecule has 0 unspecified atom stereocenters. The molecule has 21 heavy (non-hydrogen) atoms. The molecule has 2 rings (SSSR count). The van der Waals surface area contributed by atoms with Crippen LogP contribution in [0.4, 0.5) is 0 Å². The maximum atomic E-state index is 12.0. The van der Waals surface area contributed by atoms with Gasteiger partial charge in [-0.3, -0.25) is 9.59 Å². The number of methoxy groups -OCH3 is 1. The second kappa shape index (κ2) is 8.06. The molecule has 0 aliphatic heterocycles. The second-order valence-corrected chi connectivity index (χ2v) is 7.49. The number of nitrogens with one attached hydrogen (secondary N) is 1. The lowest BCUT2D eigenvalue weighted by molar-refractivity contribution is -0.141. The molecule has 2 fully saturated rings. The van der Waals surface area contributed by atoms with Crippen LogP contribution in [-0.4, -0.2) is 36.5 Å². The molecule has 0 aromatic carbocycles. The zero-order chi connectivity index (χ0) is 15.1. The van der Waals surface area contributed by atoms with Crippen LogP contribution < -0.4 is 5.32 Å². The molecule has 0 aromatic rings. The summed E-state index contributed by atoms with van der Waals surface area (Å²) in [5, 5.41) is 3.17. The number of thioether (sulfide) groups is 1. The van der Waals surface area contributed by atoms with E-state index in [2.05, 4.69) is 5.32 Å². The van der Waals surface area contributed by atoms with Gasteiger partial charge in [0.15, 0.2) is 0 Å². The van der Waals surface area contributed by atoms with Gasteiger partial charge in [-0.15, -0.1) is 0 Å². The van der Waals surface area contributed by atoms with E-state index in [1.54, 1.807) is 11.8 Å². The third-order valence-electron chi connectivity index (χ3n) is 4.57. The molecule has 0 saturated heterocycles. The van der Waals surface area contributed by atoms with Gasteiger partial charge in [0.2, 0.25) is 5.91 Å². The Bertz CT molecular complexity index is 361. The highest BCUT2D eigenvalue weighted by Crippen LogP contribution is 2.51. The molecule has 5 heteroatoms. The first kappa shape index (κ1) is 16.7. The molecule has 0 radical (unpaired) electrons. The molecule has 1 amide bonds. The van der Waals surface area contributed by atoms with Crippen LogP contribution in [0.3, 0.4) is 0 Å². The van der Waals surface area contributed by atoms with Crippen molar-refractivity contribution in [3.8, 4) is 0 Å². The number of carbonyl (C=O) groups is 2. The van der Waals surface area contributed by atoms with E-state index in [1.165, 1.54) is 32.8 Å². The Hall–Kier alpha value is -0.710. The van der Waals surface area contributed by atoms with E-state index in [9.17, 15) is 9.59 Å². The van der Waals surface area contributed by atoms with E-state index >= 15 is 0 Å². The number of rotatable bonds is 7. The molecule has 4 nitrogen and oxygen atoms in total. The van der Waals surface area contributed by atoms with Crippen molar-refractivity contribution in [1.29, 1.82) is 0 Å². The lowest BCUT2D eigenvalue weighted by Crippen LogP contribution is -2.35. The molecule has 120 valence electrons. The van der Waals surface area contributed by atoms with Gasteiger partial charge < -0.3 is 10.1 Å². The summed E-state index contributed by atoms with van der Waals surface area (Å²) in [7, 11) is 1.44. The SMILES string of the molecule is COC(=O)CC1(CSCC(=O)NC2CCCCCC2)CC1. The van der Waals surface area contributed by atoms with Gasteiger partial charge in [-0.2, -0.15) is 11.8 Å². The van der Waals surface area contributed by atoms with Crippen LogP contribution in [0.15, 0.2) is 0 Å². The summed E-state index contributed by atoms with van der Waals surface area (Å²) in [6, 6.07) is 0.380. The molecule has 0 atom stereocenters. The van der Waals surface area contributed by atoms with Crippen molar-refractivity contribution in [2.45, 2.75) is 63.8 Å². The van der Waals surface area contributed by atoms with Gasteiger partial charge in [0.05, 0.1) is 19.3 Å². The van der Waals surface area contributed by atoms with Gasteiger partial charge in [-0.25, -0.2) is 0 Å². The zero-order valence-corrected chi connectivity index (χ0v) is 13.8. The van der Waals surface area contributed by atoms with Crippen molar-refractivity contribution < 1.29 is 14.3 Å². The number of carbonyl (C=O) groups excluding carboxylic acids is 2.